The lowest BCUT2D eigenvalue weighted by molar-refractivity contribution is 0.228. The van der Waals surface area contributed by atoms with Crippen LogP contribution in [0.15, 0.2) is 0 Å². The van der Waals surface area contributed by atoms with Gasteiger partial charge in [-0.15, -0.1) is 0 Å². The van der Waals surface area contributed by atoms with Gasteiger partial charge in [-0.1, -0.05) is 57.8 Å². The quantitative estimate of drug-likeness (QED) is 0.413. The third kappa shape index (κ3) is 7.93. The summed E-state index contributed by atoms with van der Waals surface area (Å²) < 4.78 is 5.57. The molecule has 106 valence electrons. The van der Waals surface area contributed by atoms with E-state index in [-0.39, 0.29) is 0 Å². The maximum atomic E-state index is 9.21. The molecule has 3 atom stereocenters. The number of aliphatic hydroxyl groups excluding tert-OH is 1. The Morgan fingerprint density at radius 3 is 2.58 bits per heavy atom. The molecule has 0 aromatic carbocycles. The fourth-order valence-corrected chi connectivity index (χ4v) is 1.98. The zero-order chi connectivity index (χ0) is 13.9. The second kappa shape index (κ2) is 9.90. The number of hydrogen-bond donors (Lipinski definition) is 1. The molecule has 1 aliphatic rings. The van der Waals surface area contributed by atoms with E-state index in [1.807, 2.05) is 6.92 Å². The van der Waals surface area contributed by atoms with Crippen molar-refractivity contribution >= 4 is 0 Å². The van der Waals surface area contributed by atoms with Crippen molar-refractivity contribution in [2.45, 2.75) is 83.5 Å². The molecule has 0 bridgehead atoms. The number of rotatable bonds is 8. The summed E-state index contributed by atoms with van der Waals surface area (Å²) in [5.41, 5.74) is 0. The fraction of sp³-hybridized carbons (Fsp3) is 0.765. The van der Waals surface area contributed by atoms with Gasteiger partial charge in [-0.25, -0.2) is 0 Å². The van der Waals surface area contributed by atoms with Crippen LogP contribution in [0.4, 0.5) is 0 Å². The average Bonchev–Trinajstić information content (AvgIpc) is 3.16. The molecule has 2 nitrogen and oxygen atoms in total. The molecule has 0 saturated carbocycles. The summed E-state index contributed by atoms with van der Waals surface area (Å²) >= 11 is 0. The molecule has 1 unspecified atom stereocenters. The van der Waals surface area contributed by atoms with Gasteiger partial charge in [0.15, 0.2) is 0 Å². The van der Waals surface area contributed by atoms with Crippen LogP contribution in [0.3, 0.4) is 0 Å². The molecular formula is C17H26O2. The largest absolute Gasteiger partial charge is 0.380 e. The number of unbranched alkanes of at least 4 members (excludes halogenated alkanes) is 4. The minimum absolute atomic E-state index is 0.330. The predicted octanol–water partition coefficient (Wildman–Crippen LogP) is 3.28. The van der Waals surface area contributed by atoms with E-state index < -0.39 is 6.10 Å². The summed E-state index contributed by atoms with van der Waals surface area (Å²) in [7, 11) is 0. The minimum atomic E-state index is -0.539. The summed E-state index contributed by atoms with van der Waals surface area (Å²) in [5, 5.41) is 9.21. The van der Waals surface area contributed by atoms with E-state index in [0.29, 0.717) is 18.6 Å². The van der Waals surface area contributed by atoms with Gasteiger partial charge < -0.3 is 9.84 Å². The lowest BCUT2D eigenvalue weighted by atomic mass is 10.1. The van der Waals surface area contributed by atoms with Gasteiger partial charge in [0.25, 0.3) is 0 Å². The average molecular weight is 262 g/mol. The molecule has 0 amide bonds. The van der Waals surface area contributed by atoms with E-state index in [4.69, 9.17) is 4.74 Å². The Balaban J connectivity index is 2.01. The van der Waals surface area contributed by atoms with E-state index in [1.165, 1.54) is 38.5 Å². The Morgan fingerprint density at radius 2 is 1.84 bits per heavy atom. The highest BCUT2D eigenvalue weighted by Gasteiger charge is 2.36. The highest BCUT2D eigenvalue weighted by atomic mass is 16.6. The SMILES string of the molecule is CCCCCCC[C@H]1O[C@H]1CC#CC#CC(O)CC. The molecule has 1 heterocycles. The minimum Gasteiger partial charge on any atom is -0.380 e. The van der Waals surface area contributed by atoms with E-state index in [1.54, 1.807) is 0 Å². The van der Waals surface area contributed by atoms with Crippen LogP contribution in [0, 0.1) is 23.7 Å². The summed E-state index contributed by atoms with van der Waals surface area (Å²) in [4.78, 5) is 0. The third-order valence-corrected chi connectivity index (χ3v) is 3.36. The van der Waals surface area contributed by atoms with Gasteiger partial charge in [-0.2, -0.15) is 0 Å². The van der Waals surface area contributed by atoms with Crippen LogP contribution in [0.2, 0.25) is 0 Å². The van der Waals surface area contributed by atoms with E-state index in [9.17, 15) is 5.11 Å². The first-order valence-electron chi connectivity index (χ1n) is 7.59. The Bertz CT molecular complexity index is 353. The van der Waals surface area contributed by atoms with E-state index in [2.05, 4.69) is 30.6 Å². The molecule has 0 spiro atoms. The number of aliphatic hydroxyl groups is 1. The molecule has 1 fully saturated rings. The van der Waals surface area contributed by atoms with Gasteiger partial charge in [0.2, 0.25) is 0 Å². The van der Waals surface area contributed by atoms with Gasteiger partial charge in [-0.3, -0.25) is 0 Å². The van der Waals surface area contributed by atoms with Crippen molar-refractivity contribution in [3.63, 3.8) is 0 Å². The molecule has 2 heteroatoms. The van der Waals surface area contributed by atoms with Crippen LogP contribution < -0.4 is 0 Å². The van der Waals surface area contributed by atoms with Gasteiger partial charge in [-0.05, 0) is 24.7 Å². The van der Waals surface area contributed by atoms with Crippen molar-refractivity contribution < 1.29 is 9.84 Å². The first kappa shape index (κ1) is 16.1. The van der Waals surface area contributed by atoms with Crippen LogP contribution in [0.25, 0.3) is 0 Å². The van der Waals surface area contributed by atoms with Crippen LogP contribution in [0.1, 0.15) is 65.2 Å². The van der Waals surface area contributed by atoms with Crippen LogP contribution >= 0.6 is 0 Å². The first-order chi connectivity index (χ1) is 9.27. The second-order valence-electron chi connectivity index (χ2n) is 5.12. The van der Waals surface area contributed by atoms with Crippen molar-refractivity contribution in [1.82, 2.24) is 0 Å². The van der Waals surface area contributed by atoms with Gasteiger partial charge in [0.05, 0.1) is 12.2 Å². The smallest absolute Gasteiger partial charge is 0.115 e. The fourth-order valence-electron chi connectivity index (χ4n) is 1.98. The highest BCUT2D eigenvalue weighted by molar-refractivity contribution is 5.27. The molecule has 0 radical (unpaired) electrons. The zero-order valence-corrected chi connectivity index (χ0v) is 12.2. The molecule has 1 N–H and O–H groups in total. The summed E-state index contributed by atoms with van der Waals surface area (Å²) in [6.07, 6.45) is 9.43. The lowest BCUT2D eigenvalue weighted by Crippen LogP contribution is -1.98. The lowest BCUT2D eigenvalue weighted by Gasteiger charge is -1.96. The predicted molar refractivity (Wildman–Crippen MR) is 78.5 cm³/mol. The summed E-state index contributed by atoms with van der Waals surface area (Å²) in [6, 6.07) is 0. The van der Waals surface area contributed by atoms with Crippen molar-refractivity contribution in [2.24, 2.45) is 0 Å². The number of epoxide rings is 1. The Morgan fingerprint density at radius 1 is 1.05 bits per heavy atom. The summed E-state index contributed by atoms with van der Waals surface area (Å²) in [5.74, 6) is 11.1. The van der Waals surface area contributed by atoms with Crippen LogP contribution in [-0.4, -0.2) is 23.4 Å². The topological polar surface area (TPSA) is 32.8 Å². The van der Waals surface area contributed by atoms with Crippen LogP contribution in [-0.2, 0) is 4.74 Å². The Labute approximate surface area is 117 Å². The number of hydrogen-bond acceptors (Lipinski definition) is 2. The van der Waals surface area contributed by atoms with E-state index >= 15 is 0 Å². The van der Waals surface area contributed by atoms with Gasteiger partial charge in [0.1, 0.15) is 6.10 Å². The molecule has 1 rings (SSSR count). The maximum Gasteiger partial charge on any atom is 0.115 e. The molecule has 1 saturated heterocycles. The molecule has 19 heavy (non-hydrogen) atoms. The molecular weight excluding hydrogens is 236 g/mol. The summed E-state index contributed by atoms with van der Waals surface area (Å²) in [6.45, 7) is 4.14. The van der Waals surface area contributed by atoms with Crippen molar-refractivity contribution in [2.75, 3.05) is 0 Å². The normalized spacial score (nSPS) is 21.8. The Hall–Kier alpha value is -0.960. The number of ether oxygens (including phenoxy) is 1. The highest BCUT2D eigenvalue weighted by Crippen LogP contribution is 2.29. The molecule has 0 aliphatic carbocycles. The van der Waals surface area contributed by atoms with Crippen molar-refractivity contribution in [3.05, 3.63) is 0 Å². The standard InChI is InChI=1S/C17H26O2/c1-3-5-6-7-10-13-16-17(19-16)14-11-8-9-12-15(18)4-2/h15-18H,3-7,10,13-14H2,1-2H3/t15?,16-,17+/m1/s1. The monoisotopic (exact) mass is 262 g/mol. The molecule has 0 aromatic rings. The second-order valence-corrected chi connectivity index (χ2v) is 5.12. The van der Waals surface area contributed by atoms with Gasteiger partial charge >= 0.3 is 0 Å². The van der Waals surface area contributed by atoms with Crippen LogP contribution in [0.5, 0.6) is 0 Å². The van der Waals surface area contributed by atoms with Gasteiger partial charge in [0, 0.05) is 6.42 Å². The molecule has 1 aliphatic heterocycles. The van der Waals surface area contributed by atoms with Crippen molar-refractivity contribution in [1.29, 1.82) is 0 Å². The third-order valence-electron chi connectivity index (χ3n) is 3.36. The Kier molecular flexibility index (Phi) is 8.39. The molecule has 0 aromatic heterocycles. The zero-order valence-electron chi connectivity index (χ0n) is 12.2. The first-order valence-corrected chi connectivity index (χ1v) is 7.59. The maximum absolute atomic E-state index is 9.21. The van der Waals surface area contributed by atoms with Crippen molar-refractivity contribution in [3.8, 4) is 23.7 Å². The van der Waals surface area contributed by atoms with E-state index in [0.717, 1.165) is 6.42 Å².